The lowest BCUT2D eigenvalue weighted by Crippen LogP contribution is -2.40. The first-order chi connectivity index (χ1) is 32.4. The SMILES string of the molecule is C=CCCC1=CCC(C2(C3C4C=C(C(C)(C)C)C=CC4C4C=CC(C(C)(C)C)=CC43)CCCC2)=C1.C=CCCC1=CCC(C2(C3C4C=C(C)C=CC4C4C=CC(C(C)(C)C)=CC43)CCCCC2)=C1. The Bertz CT molecular complexity index is 2270. The first kappa shape index (κ1) is 49.3. The molecule has 0 saturated heterocycles. The fourth-order valence-electron chi connectivity index (χ4n) is 16.1. The summed E-state index contributed by atoms with van der Waals surface area (Å²) in [7, 11) is 0. The Labute approximate surface area is 416 Å². The minimum absolute atomic E-state index is 0.205. The van der Waals surface area contributed by atoms with Crippen LogP contribution in [0.2, 0.25) is 0 Å². The molecule has 0 radical (unpaired) electrons. The van der Waals surface area contributed by atoms with Crippen LogP contribution in [0.15, 0.2) is 167 Å². The average Bonchev–Trinajstić information content (AvgIpc) is 4.16. The van der Waals surface area contributed by atoms with Gasteiger partial charge in [0, 0.05) is 0 Å². The molecule has 0 N–H and O–H groups in total. The highest BCUT2D eigenvalue weighted by molar-refractivity contribution is 5.46. The summed E-state index contributed by atoms with van der Waals surface area (Å²) in [6, 6.07) is 0. The molecule has 0 heteroatoms. The van der Waals surface area contributed by atoms with Crippen LogP contribution >= 0.6 is 0 Å². The van der Waals surface area contributed by atoms with Gasteiger partial charge in [-0.15, -0.1) is 13.2 Å². The highest BCUT2D eigenvalue weighted by Crippen LogP contribution is 2.67. The van der Waals surface area contributed by atoms with E-state index in [1.807, 2.05) is 0 Å². The molecule has 9 unspecified atom stereocenters. The maximum atomic E-state index is 3.97. The fourth-order valence-corrected chi connectivity index (χ4v) is 16.1. The molecule has 0 aromatic rings. The third-order valence-electron chi connectivity index (χ3n) is 19.5. The molecule has 0 aliphatic heterocycles. The summed E-state index contributed by atoms with van der Waals surface area (Å²) >= 11 is 0. The molecule has 0 nitrogen and oxygen atoms in total. The number of allylic oxidation sites excluding steroid dienone is 26. The van der Waals surface area contributed by atoms with Crippen LogP contribution in [0.25, 0.3) is 0 Å². The van der Waals surface area contributed by atoms with Crippen LogP contribution < -0.4 is 0 Å². The molecule has 364 valence electrons. The Kier molecular flexibility index (Phi) is 13.9. The van der Waals surface area contributed by atoms with Gasteiger partial charge in [0.25, 0.3) is 0 Å². The summed E-state index contributed by atoms with van der Waals surface area (Å²) in [5.74, 6) is 6.60. The van der Waals surface area contributed by atoms with E-state index in [0.717, 1.165) is 25.7 Å². The Morgan fingerprint density at radius 3 is 1.16 bits per heavy atom. The first-order valence-corrected chi connectivity index (χ1v) is 28.0. The molecule has 0 heterocycles. The molecule has 10 aliphatic rings. The normalized spacial score (nSPS) is 34.1. The van der Waals surface area contributed by atoms with Gasteiger partial charge in [0.1, 0.15) is 0 Å². The van der Waals surface area contributed by atoms with Gasteiger partial charge in [-0.25, -0.2) is 0 Å². The highest BCUT2D eigenvalue weighted by atomic mass is 14.6. The molecule has 10 rings (SSSR count). The zero-order valence-electron chi connectivity index (χ0n) is 44.7. The van der Waals surface area contributed by atoms with Gasteiger partial charge < -0.3 is 0 Å². The van der Waals surface area contributed by atoms with Gasteiger partial charge in [0.05, 0.1) is 0 Å². The Morgan fingerprint density at radius 1 is 0.471 bits per heavy atom. The van der Waals surface area contributed by atoms with Crippen molar-refractivity contribution < 1.29 is 0 Å². The molecule has 4 saturated carbocycles. The molecule has 68 heavy (non-hydrogen) atoms. The van der Waals surface area contributed by atoms with Gasteiger partial charge in [-0.1, -0.05) is 232 Å². The minimum Gasteiger partial charge on any atom is -0.103 e. The van der Waals surface area contributed by atoms with Crippen LogP contribution in [0.1, 0.15) is 166 Å². The van der Waals surface area contributed by atoms with Crippen molar-refractivity contribution in [2.45, 2.75) is 166 Å². The van der Waals surface area contributed by atoms with Crippen molar-refractivity contribution in [3.8, 4) is 0 Å². The van der Waals surface area contributed by atoms with Gasteiger partial charge >= 0.3 is 0 Å². The predicted molar refractivity (Wildman–Crippen MR) is 295 cm³/mol. The quantitative estimate of drug-likeness (QED) is 0.192. The van der Waals surface area contributed by atoms with Crippen molar-refractivity contribution in [2.75, 3.05) is 0 Å². The van der Waals surface area contributed by atoms with E-state index in [0.29, 0.717) is 70.0 Å². The molecule has 0 amide bonds. The van der Waals surface area contributed by atoms with Gasteiger partial charge in [-0.2, -0.15) is 0 Å². The topological polar surface area (TPSA) is 0 Å². The lowest BCUT2D eigenvalue weighted by atomic mass is 9.55. The number of fused-ring (bicyclic) bond motifs is 6. The maximum absolute atomic E-state index is 3.97. The van der Waals surface area contributed by atoms with Crippen LogP contribution in [0.3, 0.4) is 0 Å². The zero-order valence-corrected chi connectivity index (χ0v) is 44.7. The third kappa shape index (κ3) is 9.25. The Hall–Kier alpha value is -3.64. The molecule has 9 atom stereocenters. The molecular formula is C68H92. The third-order valence-corrected chi connectivity index (χ3v) is 19.5. The van der Waals surface area contributed by atoms with Crippen molar-refractivity contribution in [2.24, 2.45) is 86.3 Å². The molecule has 0 aromatic heterocycles. The Balaban J connectivity index is 0.000000170. The van der Waals surface area contributed by atoms with Crippen molar-refractivity contribution in [3.63, 3.8) is 0 Å². The van der Waals surface area contributed by atoms with Crippen LogP contribution in [-0.4, -0.2) is 0 Å². The molecule has 10 aliphatic carbocycles. The largest absolute Gasteiger partial charge is 0.103 e. The van der Waals surface area contributed by atoms with Gasteiger partial charge in [0.15, 0.2) is 0 Å². The van der Waals surface area contributed by atoms with E-state index < -0.39 is 0 Å². The summed E-state index contributed by atoms with van der Waals surface area (Å²) in [5, 5.41) is 0. The summed E-state index contributed by atoms with van der Waals surface area (Å²) in [6.07, 6.45) is 65.0. The van der Waals surface area contributed by atoms with Crippen molar-refractivity contribution >= 4 is 0 Å². The number of hydrogen-bond donors (Lipinski definition) is 0. The molecule has 4 fully saturated rings. The monoisotopic (exact) mass is 909 g/mol. The summed E-state index contributed by atoms with van der Waals surface area (Å²) < 4.78 is 0. The van der Waals surface area contributed by atoms with E-state index in [-0.39, 0.29) is 16.2 Å². The van der Waals surface area contributed by atoms with Gasteiger partial charge in [-0.05, 0) is 174 Å². The second-order valence-corrected chi connectivity index (χ2v) is 26.7. The van der Waals surface area contributed by atoms with Crippen LogP contribution in [-0.2, 0) is 0 Å². The molecule has 0 bridgehead atoms. The Morgan fingerprint density at radius 2 is 0.809 bits per heavy atom. The van der Waals surface area contributed by atoms with E-state index in [9.17, 15) is 0 Å². The summed E-state index contributed by atoms with van der Waals surface area (Å²) in [4.78, 5) is 0. The lowest BCUT2D eigenvalue weighted by molar-refractivity contribution is 0.0931. The number of hydrogen-bond acceptors (Lipinski definition) is 0. The van der Waals surface area contributed by atoms with E-state index in [2.05, 4.69) is 192 Å². The summed E-state index contributed by atoms with van der Waals surface area (Å²) in [6.45, 7) is 31.7. The smallest absolute Gasteiger partial charge is 0.00419 e. The molecule has 0 spiro atoms. The number of rotatable bonds is 10. The van der Waals surface area contributed by atoms with Crippen LogP contribution in [0.4, 0.5) is 0 Å². The van der Waals surface area contributed by atoms with E-state index in [4.69, 9.17) is 0 Å². The van der Waals surface area contributed by atoms with Gasteiger partial charge in [-0.3, -0.25) is 0 Å². The standard InChI is InChI=1S/C35H48.C33H44/c1-8-9-12-24-13-14-27(21-24)35(19-10-11-20-35)32-30-22-25(33(2,3)4)15-17-28(30)29-18-16-26(23-31(29)32)34(5,6)7;1-6-7-11-24-13-14-26(21-24)33(18-9-8-10-19-33)31-29-20-23(2)12-16-27(29)28-17-15-25(22-30(28)31)32(3,4)5/h8,13,15-18,21-23,28-32H,1,9-12,14,19-20H2,2-7H3;6,12-13,15-17,20-22,27-31H,1,7-11,14,18-19H2,2-5H3. The second kappa shape index (κ2) is 19.2. The van der Waals surface area contributed by atoms with E-state index in [1.165, 1.54) is 76.2 Å². The van der Waals surface area contributed by atoms with Crippen molar-refractivity contribution in [1.29, 1.82) is 0 Å². The van der Waals surface area contributed by atoms with Gasteiger partial charge in [0.2, 0.25) is 0 Å². The van der Waals surface area contributed by atoms with E-state index >= 15 is 0 Å². The average molecular weight is 909 g/mol. The predicted octanol–water partition coefficient (Wildman–Crippen LogP) is 19.3. The lowest BCUT2D eigenvalue weighted by Gasteiger charge is -2.49. The van der Waals surface area contributed by atoms with Crippen molar-refractivity contribution in [3.05, 3.63) is 167 Å². The molecular weight excluding hydrogens is 817 g/mol. The van der Waals surface area contributed by atoms with Crippen LogP contribution in [0.5, 0.6) is 0 Å². The van der Waals surface area contributed by atoms with Crippen LogP contribution in [0, 0.1) is 86.3 Å². The fraction of sp³-hybridized carbons (Fsp3) is 0.588. The summed E-state index contributed by atoms with van der Waals surface area (Å²) in [5.41, 5.74) is 14.1. The second-order valence-electron chi connectivity index (χ2n) is 26.7. The zero-order chi connectivity index (χ0) is 48.2. The van der Waals surface area contributed by atoms with E-state index in [1.54, 1.807) is 39.0 Å². The van der Waals surface area contributed by atoms with Crippen molar-refractivity contribution in [1.82, 2.24) is 0 Å². The molecule has 0 aromatic carbocycles. The first-order valence-electron chi connectivity index (χ1n) is 28.0. The maximum Gasteiger partial charge on any atom is -0.00419 e. The minimum atomic E-state index is 0.205. The highest BCUT2D eigenvalue weighted by Gasteiger charge is 2.60.